The summed E-state index contributed by atoms with van der Waals surface area (Å²) >= 11 is 0. The highest BCUT2D eigenvalue weighted by Crippen LogP contribution is 2.25. The van der Waals surface area contributed by atoms with E-state index in [2.05, 4.69) is 5.32 Å². The fraction of sp³-hybridized carbons (Fsp3) is 1.00. The van der Waals surface area contributed by atoms with E-state index in [1.165, 1.54) is 0 Å². The molecule has 0 saturated heterocycles. The van der Waals surface area contributed by atoms with Crippen LogP contribution in [0.25, 0.3) is 0 Å². The molecule has 0 bridgehead atoms. The van der Waals surface area contributed by atoms with Crippen molar-refractivity contribution in [1.82, 2.24) is 5.32 Å². The van der Waals surface area contributed by atoms with Gasteiger partial charge in [0.15, 0.2) is 0 Å². The van der Waals surface area contributed by atoms with Gasteiger partial charge in [-0.25, -0.2) is 0 Å². The molecule has 13 heavy (non-hydrogen) atoms. The molecule has 0 amide bonds. The van der Waals surface area contributed by atoms with Gasteiger partial charge in [0.25, 0.3) is 0 Å². The third kappa shape index (κ3) is 5.15. The van der Waals surface area contributed by atoms with Gasteiger partial charge < -0.3 is 10.4 Å². The molecule has 78 valence electrons. The molecule has 0 aliphatic heterocycles. The van der Waals surface area contributed by atoms with Crippen LogP contribution in [0.2, 0.25) is 6.32 Å². The van der Waals surface area contributed by atoms with Crippen molar-refractivity contribution in [2.75, 3.05) is 13.2 Å². The fourth-order valence-electron chi connectivity index (χ4n) is 0.772. The first-order valence-electron chi connectivity index (χ1n) is 4.32. The molecule has 0 aromatic rings. The lowest BCUT2D eigenvalue weighted by Gasteiger charge is -2.20. The molecule has 0 aromatic carbocycles. The molecule has 0 fully saturated rings. The van der Waals surface area contributed by atoms with Crippen LogP contribution < -0.4 is 5.32 Å². The minimum absolute atomic E-state index is 0.0522. The molecule has 0 aromatic heterocycles. The van der Waals surface area contributed by atoms with E-state index < -0.39 is 18.7 Å². The predicted molar refractivity (Wildman–Crippen MR) is 47.4 cm³/mol. The average Bonchev–Trinajstić information content (AvgIpc) is 2.02. The Balaban J connectivity index is 3.86. The number of rotatable bonds is 5. The van der Waals surface area contributed by atoms with Crippen LogP contribution in [0.1, 0.15) is 6.92 Å². The summed E-state index contributed by atoms with van der Waals surface area (Å²) in [5.74, 6) is -1.65. The molecule has 0 saturated carbocycles. The van der Waals surface area contributed by atoms with Gasteiger partial charge in [-0.1, -0.05) is 13.2 Å². The van der Waals surface area contributed by atoms with Gasteiger partial charge >= 0.3 is 6.18 Å². The number of aliphatic hydroxyl groups excluding tert-OH is 1. The van der Waals surface area contributed by atoms with Crippen molar-refractivity contribution in [2.45, 2.75) is 25.5 Å². The maximum absolute atomic E-state index is 12.1. The van der Waals surface area contributed by atoms with E-state index in [0.29, 0.717) is 0 Å². The highest BCUT2D eigenvalue weighted by Gasteiger charge is 2.38. The van der Waals surface area contributed by atoms with E-state index in [9.17, 15) is 13.2 Å². The Bertz CT molecular complexity index is 142. The Morgan fingerprint density at radius 2 is 2.00 bits per heavy atom. The molecule has 0 aliphatic carbocycles. The summed E-state index contributed by atoms with van der Waals surface area (Å²) in [5, 5.41) is 11.2. The minimum atomic E-state index is -4.31. The van der Waals surface area contributed by atoms with Crippen LogP contribution in [0.4, 0.5) is 13.2 Å². The lowest BCUT2D eigenvalue weighted by molar-refractivity contribution is -0.182. The number of alkyl halides is 3. The van der Waals surface area contributed by atoms with Crippen LogP contribution in [0.5, 0.6) is 0 Å². The van der Waals surface area contributed by atoms with Crippen LogP contribution in [-0.4, -0.2) is 38.3 Å². The molecule has 2 nitrogen and oxygen atoms in total. The van der Waals surface area contributed by atoms with Gasteiger partial charge in [0.1, 0.15) is 7.85 Å². The van der Waals surface area contributed by atoms with Gasteiger partial charge in [-0.15, -0.1) is 0 Å². The molecule has 0 rings (SSSR count). The zero-order valence-electron chi connectivity index (χ0n) is 7.86. The van der Waals surface area contributed by atoms with Crippen molar-refractivity contribution in [2.24, 2.45) is 5.92 Å². The zero-order valence-corrected chi connectivity index (χ0v) is 7.86. The van der Waals surface area contributed by atoms with Crippen molar-refractivity contribution in [3.8, 4) is 0 Å². The molecule has 0 heterocycles. The van der Waals surface area contributed by atoms with Crippen LogP contribution in [0, 0.1) is 5.92 Å². The Labute approximate surface area is 76.9 Å². The molecule has 0 radical (unpaired) electrons. The Morgan fingerprint density at radius 3 is 2.31 bits per heavy atom. The third-order valence-electron chi connectivity index (χ3n) is 2.01. The summed E-state index contributed by atoms with van der Waals surface area (Å²) in [6.45, 7) is 0.743. The fourth-order valence-corrected chi connectivity index (χ4v) is 0.772. The summed E-state index contributed by atoms with van der Waals surface area (Å²) in [5.41, 5.74) is 0. The number of halogens is 3. The summed E-state index contributed by atoms with van der Waals surface area (Å²) in [7, 11) is 1.89. The Hall–Kier alpha value is -0.225. The first-order valence-corrected chi connectivity index (χ1v) is 4.32. The van der Waals surface area contributed by atoms with Crippen LogP contribution in [0.15, 0.2) is 0 Å². The van der Waals surface area contributed by atoms with Crippen LogP contribution in [0.3, 0.4) is 0 Å². The van der Waals surface area contributed by atoms with Crippen molar-refractivity contribution in [3.05, 3.63) is 0 Å². The zero-order chi connectivity index (χ0) is 10.5. The average molecular weight is 197 g/mol. The van der Waals surface area contributed by atoms with Crippen molar-refractivity contribution in [1.29, 1.82) is 0 Å². The van der Waals surface area contributed by atoms with Gasteiger partial charge in [-0.2, -0.15) is 13.2 Å². The predicted octanol–water partition coefficient (Wildman–Crippen LogP) is 0.187. The largest absolute Gasteiger partial charge is 0.396 e. The van der Waals surface area contributed by atoms with Gasteiger partial charge in [0.2, 0.25) is 0 Å². The smallest absolute Gasteiger partial charge is 0.395 e. The van der Waals surface area contributed by atoms with E-state index in [0.717, 1.165) is 6.32 Å². The number of aliphatic hydroxyl groups is 1. The normalized spacial score (nSPS) is 17.0. The summed E-state index contributed by atoms with van der Waals surface area (Å²) in [6, 6.07) is 0.0522. The lowest BCUT2D eigenvalue weighted by Crippen LogP contribution is -2.39. The molecular formula is C7H15BF3NO. The van der Waals surface area contributed by atoms with E-state index in [-0.39, 0.29) is 12.6 Å². The topological polar surface area (TPSA) is 32.3 Å². The maximum atomic E-state index is 12.1. The SMILES string of the molecule is BCC(C)NCC(CO)C(F)(F)F. The molecule has 2 atom stereocenters. The second kappa shape index (κ2) is 5.49. The van der Waals surface area contributed by atoms with Crippen LogP contribution >= 0.6 is 0 Å². The summed E-state index contributed by atoms with van der Waals surface area (Å²) in [6.07, 6.45) is -3.54. The molecule has 6 heteroatoms. The summed E-state index contributed by atoms with van der Waals surface area (Å²) < 4.78 is 36.2. The van der Waals surface area contributed by atoms with E-state index in [4.69, 9.17) is 5.11 Å². The third-order valence-corrected chi connectivity index (χ3v) is 2.01. The second-order valence-electron chi connectivity index (χ2n) is 3.14. The quantitative estimate of drug-likeness (QED) is 0.616. The van der Waals surface area contributed by atoms with Gasteiger partial charge in [0, 0.05) is 6.54 Å². The molecule has 2 N–H and O–H groups in total. The first kappa shape index (κ1) is 12.8. The van der Waals surface area contributed by atoms with E-state index >= 15 is 0 Å². The standard InChI is InChI=1S/C7H15BF3NO/c1-5(2-8)12-3-6(4-13)7(9,10)11/h5-6,12-13H,2-4,8H2,1H3. The molecular weight excluding hydrogens is 182 g/mol. The lowest BCUT2D eigenvalue weighted by atomic mass is 9.98. The van der Waals surface area contributed by atoms with Gasteiger partial charge in [-0.3, -0.25) is 0 Å². The monoisotopic (exact) mass is 197 g/mol. The summed E-state index contributed by atoms with van der Waals surface area (Å²) in [4.78, 5) is 0. The highest BCUT2D eigenvalue weighted by molar-refractivity contribution is 6.08. The molecule has 2 unspecified atom stereocenters. The van der Waals surface area contributed by atoms with Crippen molar-refractivity contribution in [3.63, 3.8) is 0 Å². The molecule has 0 aliphatic rings. The van der Waals surface area contributed by atoms with Crippen molar-refractivity contribution < 1.29 is 18.3 Å². The maximum Gasteiger partial charge on any atom is 0.395 e. The van der Waals surface area contributed by atoms with Crippen LogP contribution in [-0.2, 0) is 0 Å². The van der Waals surface area contributed by atoms with E-state index in [1.807, 2.05) is 14.8 Å². The van der Waals surface area contributed by atoms with Gasteiger partial charge in [-0.05, 0) is 6.04 Å². The molecule has 0 spiro atoms. The minimum Gasteiger partial charge on any atom is -0.396 e. The second-order valence-corrected chi connectivity index (χ2v) is 3.14. The number of nitrogens with one attached hydrogen (secondary N) is 1. The van der Waals surface area contributed by atoms with Crippen molar-refractivity contribution >= 4 is 7.85 Å². The Morgan fingerprint density at radius 1 is 1.46 bits per heavy atom. The Kier molecular flexibility index (Phi) is 5.40. The first-order chi connectivity index (χ1) is 5.91. The number of hydrogen-bond acceptors (Lipinski definition) is 2. The number of hydrogen-bond donors (Lipinski definition) is 2. The van der Waals surface area contributed by atoms with Gasteiger partial charge in [0.05, 0.1) is 12.5 Å². The highest BCUT2D eigenvalue weighted by atomic mass is 19.4. The van der Waals surface area contributed by atoms with E-state index in [1.54, 1.807) is 0 Å².